The van der Waals surface area contributed by atoms with Crippen molar-refractivity contribution >= 4 is 12.3 Å². The van der Waals surface area contributed by atoms with Gasteiger partial charge < -0.3 is 14.6 Å². The number of hydrogen-bond donors (Lipinski definition) is 1. The summed E-state index contributed by atoms with van der Waals surface area (Å²) in [7, 11) is 0. The molecule has 4 heteroatoms. The molecule has 106 valence electrons. The lowest BCUT2D eigenvalue weighted by atomic mass is 9.77. The third kappa shape index (κ3) is 2.36. The number of carbonyl (C=O) groups excluding carboxylic acids is 1. The maximum Gasteiger partial charge on any atom is 0.335 e. The third-order valence-corrected chi connectivity index (χ3v) is 4.61. The average Bonchev–Trinajstić information content (AvgIpc) is 3.05. The van der Waals surface area contributed by atoms with E-state index in [2.05, 4.69) is 0 Å². The molecule has 0 unspecified atom stereocenters. The molecule has 0 amide bonds. The number of fused-ring (bicyclic) bond motifs is 2. The molecule has 2 aliphatic rings. The van der Waals surface area contributed by atoms with E-state index in [0.29, 0.717) is 11.5 Å². The number of aldehydes is 1. The Kier molecular flexibility index (Phi) is 3.57. The zero-order chi connectivity index (χ0) is 14.1. The second-order valence-corrected chi connectivity index (χ2v) is 5.71. The van der Waals surface area contributed by atoms with E-state index in [-0.39, 0.29) is 18.1 Å². The van der Waals surface area contributed by atoms with E-state index in [1.54, 1.807) is 12.1 Å². The van der Waals surface area contributed by atoms with Gasteiger partial charge in [0.25, 0.3) is 0 Å². The highest BCUT2D eigenvalue weighted by Crippen LogP contribution is 2.44. The molecular weight excluding hydrogens is 256 g/mol. The van der Waals surface area contributed by atoms with Crippen molar-refractivity contribution in [1.29, 1.82) is 0 Å². The van der Waals surface area contributed by atoms with Crippen LogP contribution in [0.15, 0.2) is 24.3 Å². The van der Waals surface area contributed by atoms with E-state index in [9.17, 15) is 9.59 Å². The highest BCUT2D eigenvalue weighted by Gasteiger charge is 2.48. The fourth-order valence-corrected chi connectivity index (χ4v) is 3.53. The molecule has 3 rings (SSSR count). The number of carboxylic acids is 1. The number of carboxylic acid groups (broad SMARTS) is 1. The van der Waals surface area contributed by atoms with Crippen molar-refractivity contribution in [2.75, 3.05) is 0 Å². The number of carbonyl (C=O) groups is 2. The first-order valence-corrected chi connectivity index (χ1v) is 7.12. The van der Waals surface area contributed by atoms with Gasteiger partial charge >= 0.3 is 5.97 Å². The lowest BCUT2D eigenvalue weighted by molar-refractivity contribution is -0.113. The van der Waals surface area contributed by atoms with E-state index in [1.807, 2.05) is 12.1 Å². The lowest BCUT2D eigenvalue weighted by Crippen LogP contribution is -2.28. The van der Waals surface area contributed by atoms with Crippen LogP contribution in [-0.2, 0) is 16.0 Å². The molecule has 1 N–H and O–H groups in total. The summed E-state index contributed by atoms with van der Waals surface area (Å²) in [5, 5.41) is 8.86. The molecule has 0 radical (unpaired) electrons. The minimum atomic E-state index is -0.904. The van der Waals surface area contributed by atoms with Crippen molar-refractivity contribution in [2.24, 2.45) is 11.8 Å². The first-order valence-electron chi connectivity index (χ1n) is 7.12. The van der Waals surface area contributed by atoms with Crippen LogP contribution in [0.25, 0.3) is 0 Å². The Balaban J connectivity index is 1.61. The first kappa shape index (κ1) is 13.3. The summed E-state index contributed by atoms with van der Waals surface area (Å²) in [6, 6.07) is 6.97. The summed E-state index contributed by atoms with van der Waals surface area (Å²) >= 11 is 0. The van der Waals surface area contributed by atoms with Gasteiger partial charge in [0.2, 0.25) is 0 Å². The molecule has 1 aromatic rings. The van der Waals surface area contributed by atoms with Gasteiger partial charge in [-0.15, -0.1) is 0 Å². The predicted octanol–water partition coefficient (Wildman–Crippen LogP) is 2.31. The third-order valence-electron chi connectivity index (χ3n) is 4.61. The monoisotopic (exact) mass is 274 g/mol. The molecule has 2 fully saturated rings. The van der Waals surface area contributed by atoms with Gasteiger partial charge in [-0.2, -0.15) is 0 Å². The highest BCUT2D eigenvalue weighted by atomic mass is 16.5. The highest BCUT2D eigenvalue weighted by molar-refractivity contribution is 5.87. The van der Waals surface area contributed by atoms with Crippen LogP contribution in [0.5, 0.6) is 0 Å². The van der Waals surface area contributed by atoms with Crippen LogP contribution < -0.4 is 0 Å². The molecule has 2 aliphatic heterocycles. The molecule has 2 saturated heterocycles. The van der Waals surface area contributed by atoms with Crippen LogP contribution in [0, 0.1) is 11.8 Å². The molecule has 0 saturated carbocycles. The van der Waals surface area contributed by atoms with Crippen molar-refractivity contribution in [3.8, 4) is 0 Å². The van der Waals surface area contributed by atoms with E-state index >= 15 is 0 Å². The Morgan fingerprint density at radius 3 is 2.60 bits per heavy atom. The predicted molar refractivity (Wildman–Crippen MR) is 72.7 cm³/mol. The van der Waals surface area contributed by atoms with Crippen LogP contribution in [0.2, 0.25) is 0 Å². The zero-order valence-electron chi connectivity index (χ0n) is 11.2. The van der Waals surface area contributed by atoms with Crippen molar-refractivity contribution in [3.63, 3.8) is 0 Å². The number of hydrogen-bond acceptors (Lipinski definition) is 3. The van der Waals surface area contributed by atoms with Crippen molar-refractivity contribution in [2.45, 2.75) is 37.9 Å². The molecule has 2 bridgehead atoms. The van der Waals surface area contributed by atoms with Crippen LogP contribution in [0.4, 0.5) is 0 Å². The standard InChI is InChI=1S/C16H18O4/c17-9-13-12(14-7-8-15(13)20-14)6-3-10-1-4-11(5-2-10)16(18)19/h1-2,4-5,9,12-15H,3,6-8H2,(H,18,19)/t12-,13+,14-,15+/m1/s1. The molecular formula is C16H18O4. The summed E-state index contributed by atoms with van der Waals surface area (Å²) in [6.45, 7) is 0. The SMILES string of the molecule is O=C[C@H]1[C@@H](CCc2ccc(C(=O)O)cc2)[C@H]2CC[C@@H]1O2. The van der Waals surface area contributed by atoms with Gasteiger partial charge in [0.15, 0.2) is 0 Å². The molecule has 0 aliphatic carbocycles. The van der Waals surface area contributed by atoms with Crippen LogP contribution >= 0.6 is 0 Å². The zero-order valence-corrected chi connectivity index (χ0v) is 11.2. The molecule has 4 atom stereocenters. The Hall–Kier alpha value is -1.68. The summed E-state index contributed by atoms with van der Waals surface area (Å²) < 4.78 is 5.82. The van der Waals surface area contributed by atoms with Gasteiger partial charge in [-0.25, -0.2) is 4.79 Å². The largest absolute Gasteiger partial charge is 0.478 e. The van der Waals surface area contributed by atoms with Gasteiger partial charge in [-0.05, 0) is 49.3 Å². The normalized spacial score (nSPS) is 31.4. The maximum absolute atomic E-state index is 11.2. The number of aromatic carboxylic acids is 1. The Bertz CT molecular complexity index is 508. The fraction of sp³-hybridized carbons (Fsp3) is 0.500. The van der Waals surface area contributed by atoms with Gasteiger partial charge in [-0.1, -0.05) is 12.1 Å². The minimum Gasteiger partial charge on any atom is -0.478 e. The number of ether oxygens (including phenoxy) is 1. The van der Waals surface area contributed by atoms with Crippen molar-refractivity contribution < 1.29 is 19.4 Å². The summed E-state index contributed by atoms with van der Waals surface area (Å²) in [5.41, 5.74) is 1.42. The van der Waals surface area contributed by atoms with Crippen LogP contribution in [0.3, 0.4) is 0 Å². The average molecular weight is 274 g/mol. The van der Waals surface area contributed by atoms with Crippen molar-refractivity contribution in [3.05, 3.63) is 35.4 Å². The maximum atomic E-state index is 11.2. The fourth-order valence-electron chi connectivity index (χ4n) is 3.53. The number of benzene rings is 1. The quantitative estimate of drug-likeness (QED) is 0.837. The van der Waals surface area contributed by atoms with Crippen LogP contribution in [0.1, 0.15) is 35.2 Å². The summed E-state index contributed by atoms with van der Waals surface area (Å²) in [4.78, 5) is 22.0. The van der Waals surface area contributed by atoms with E-state index in [0.717, 1.165) is 37.5 Å². The van der Waals surface area contributed by atoms with Gasteiger partial charge in [0.1, 0.15) is 6.29 Å². The Labute approximate surface area is 117 Å². The number of rotatable bonds is 5. The molecule has 4 nitrogen and oxygen atoms in total. The van der Waals surface area contributed by atoms with Gasteiger partial charge in [-0.3, -0.25) is 0 Å². The van der Waals surface area contributed by atoms with E-state index in [4.69, 9.17) is 9.84 Å². The second kappa shape index (κ2) is 5.37. The summed E-state index contributed by atoms with van der Waals surface area (Å²) in [6.07, 6.45) is 5.31. The topological polar surface area (TPSA) is 63.6 Å². The molecule has 20 heavy (non-hydrogen) atoms. The van der Waals surface area contributed by atoms with E-state index < -0.39 is 5.97 Å². The van der Waals surface area contributed by atoms with Gasteiger partial charge in [0, 0.05) is 5.92 Å². The minimum absolute atomic E-state index is 0.0482. The first-order chi connectivity index (χ1) is 9.69. The van der Waals surface area contributed by atoms with Crippen LogP contribution in [-0.4, -0.2) is 29.6 Å². The second-order valence-electron chi connectivity index (χ2n) is 5.71. The smallest absolute Gasteiger partial charge is 0.335 e. The molecule has 2 heterocycles. The number of aryl methyl sites for hydroxylation is 1. The molecule has 0 spiro atoms. The Morgan fingerprint density at radius 1 is 1.25 bits per heavy atom. The molecule has 1 aromatic carbocycles. The molecule has 0 aromatic heterocycles. The Morgan fingerprint density at radius 2 is 1.95 bits per heavy atom. The van der Waals surface area contributed by atoms with Crippen molar-refractivity contribution in [1.82, 2.24) is 0 Å². The van der Waals surface area contributed by atoms with Gasteiger partial charge in [0.05, 0.1) is 17.8 Å². The lowest BCUT2D eigenvalue weighted by Gasteiger charge is -2.23. The summed E-state index contributed by atoms with van der Waals surface area (Å²) in [5.74, 6) is -0.531. The van der Waals surface area contributed by atoms with E-state index in [1.165, 1.54) is 0 Å².